The van der Waals surface area contributed by atoms with Crippen LogP contribution in [0.3, 0.4) is 0 Å². The highest BCUT2D eigenvalue weighted by atomic mass is 16.5. The summed E-state index contributed by atoms with van der Waals surface area (Å²) in [4.78, 5) is 11.2. The number of carbonyl (C=O) groups is 1. The number of ketones is 1. The minimum atomic E-state index is -0.935. The van der Waals surface area contributed by atoms with Crippen LogP contribution in [0.4, 0.5) is 0 Å². The normalized spacial score (nSPS) is 14.5. The number of hydrogen-bond donors (Lipinski definition) is 1. The van der Waals surface area contributed by atoms with Crippen molar-refractivity contribution in [3.8, 4) is 0 Å². The molecule has 66 valence electrons. The van der Waals surface area contributed by atoms with Gasteiger partial charge in [0.1, 0.15) is 0 Å². The zero-order valence-electron chi connectivity index (χ0n) is 7.28. The molecular weight excluding hydrogens is 167 g/mol. The fourth-order valence-corrected chi connectivity index (χ4v) is 1.59. The van der Waals surface area contributed by atoms with E-state index in [9.17, 15) is 9.82 Å². The first-order valence-corrected chi connectivity index (χ1v) is 4.12. The Kier molecular flexibility index (Phi) is 1.94. The average Bonchev–Trinajstić information content (AvgIpc) is 2.48. The summed E-state index contributed by atoms with van der Waals surface area (Å²) in [5, 5.41) is 9.44. The summed E-state index contributed by atoms with van der Waals surface area (Å²) in [7, 11) is -0.935. The Hall–Kier alpha value is -1.13. The summed E-state index contributed by atoms with van der Waals surface area (Å²) in [5.74, 6) is -0.0404. The minimum Gasteiger partial charge on any atom is -0.423 e. The monoisotopic (exact) mass is 176 g/mol. The van der Waals surface area contributed by atoms with E-state index >= 15 is 0 Å². The number of carbonyl (C=O) groups excluding carboxylic acids is 1. The highest BCUT2D eigenvalue weighted by Gasteiger charge is 2.30. The van der Waals surface area contributed by atoms with Gasteiger partial charge >= 0.3 is 7.12 Å². The van der Waals surface area contributed by atoms with E-state index < -0.39 is 7.12 Å². The average molecular weight is 176 g/mol. The summed E-state index contributed by atoms with van der Waals surface area (Å²) in [5.41, 5.74) is 2.10. The molecule has 0 spiro atoms. The number of hydrogen-bond acceptors (Lipinski definition) is 3. The third-order valence-corrected chi connectivity index (χ3v) is 2.22. The summed E-state index contributed by atoms with van der Waals surface area (Å²) in [6, 6.07) is 5.37. The number of fused-ring (bicyclic) bond motifs is 1. The molecule has 1 aromatic carbocycles. The van der Waals surface area contributed by atoms with Crippen molar-refractivity contribution in [1.29, 1.82) is 0 Å². The maximum atomic E-state index is 11.2. The molecule has 0 atom stereocenters. The second-order valence-electron chi connectivity index (χ2n) is 3.10. The lowest BCUT2D eigenvalue weighted by Crippen LogP contribution is -2.32. The zero-order chi connectivity index (χ0) is 9.42. The van der Waals surface area contributed by atoms with E-state index in [1.165, 1.54) is 6.92 Å². The van der Waals surface area contributed by atoms with Crippen LogP contribution in [0.1, 0.15) is 22.8 Å². The number of Topliss-reactive ketones (excluding diaryl/α,β-unsaturated/α-hetero) is 1. The topological polar surface area (TPSA) is 46.5 Å². The van der Waals surface area contributed by atoms with Crippen molar-refractivity contribution in [2.24, 2.45) is 0 Å². The quantitative estimate of drug-likeness (QED) is 0.487. The Labute approximate surface area is 76.5 Å². The van der Waals surface area contributed by atoms with E-state index in [0.29, 0.717) is 17.6 Å². The minimum absolute atomic E-state index is 0.0404. The van der Waals surface area contributed by atoms with Crippen LogP contribution in [-0.4, -0.2) is 17.9 Å². The summed E-state index contributed by atoms with van der Waals surface area (Å²) >= 11 is 0. The molecule has 0 bridgehead atoms. The molecule has 0 saturated carbocycles. The van der Waals surface area contributed by atoms with Crippen LogP contribution < -0.4 is 5.46 Å². The predicted octanol–water partition coefficient (Wildman–Crippen LogP) is 0.107. The first-order valence-electron chi connectivity index (χ1n) is 4.12. The molecule has 1 aliphatic heterocycles. The lowest BCUT2D eigenvalue weighted by molar-refractivity contribution is 0.101. The van der Waals surface area contributed by atoms with Gasteiger partial charge in [-0.15, -0.1) is 0 Å². The van der Waals surface area contributed by atoms with Crippen molar-refractivity contribution in [1.82, 2.24) is 0 Å². The fraction of sp³-hybridized carbons (Fsp3) is 0.222. The second kappa shape index (κ2) is 2.98. The highest BCUT2D eigenvalue weighted by molar-refractivity contribution is 6.63. The standard InChI is InChI=1S/C9H9BO3/c1-6(11)8-4-2-3-7-5-13-10(12)9(7)8/h2-4,12H,5H2,1H3. The molecule has 1 N–H and O–H groups in total. The third kappa shape index (κ3) is 1.28. The van der Waals surface area contributed by atoms with Gasteiger partial charge in [-0.3, -0.25) is 4.79 Å². The largest absolute Gasteiger partial charge is 0.492 e. The van der Waals surface area contributed by atoms with Crippen molar-refractivity contribution in [3.05, 3.63) is 29.3 Å². The van der Waals surface area contributed by atoms with Crippen molar-refractivity contribution in [3.63, 3.8) is 0 Å². The molecule has 0 saturated heterocycles. The van der Waals surface area contributed by atoms with Crippen LogP contribution in [0.25, 0.3) is 0 Å². The van der Waals surface area contributed by atoms with Gasteiger partial charge in [-0.05, 0) is 17.9 Å². The Morgan fingerprint density at radius 1 is 1.62 bits per heavy atom. The Morgan fingerprint density at radius 2 is 2.38 bits per heavy atom. The molecule has 2 rings (SSSR count). The van der Waals surface area contributed by atoms with Gasteiger partial charge in [0.05, 0.1) is 6.61 Å². The number of benzene rings is 1. The summed E-state index contributed by atoms with van der Waals surface area (Å²) in [6.45, 7) is 1.87. The van der Waals surface area contributed by atoms with Crippen molar-refractivity contribution in [2.75, 3.05) is 0 Å². The smallest absolute Gasteiger partial charge is 0.423 e. The van der Waals surface area contributed by atoms with Crippen molar-refractivity contribution in [2.45, 2.75) is 13.5 Å². The third-order valence-electron chi connectivity index (χ3n) is 2.22. The fourth-order valence-electron chi connectivity index (χ4n) is 1.59. The molecule has 13 heavy (non-hydrogen) atoms. The van der Waals surface area contributed by atoms with Crippen LogP contribution in [-0.2, 0) is 11.3 Å². The van der Waals surface area contributed by atoms with Gasteiger partial charge in [0.2, 0.25) is 0 Å². The highest BCUT2D eigenvalue weighted by Crippen LogP contribution is 2.12. The molecule has 1 aliphatic rings. The maximum absolute atomic E-state index is 11.2. The van der Waals surface area contributed by atoms with E-state index in [1.54, 1.807) is 12.1 Å². The van der Waals surface area contributed by atoms with Crippen LogP contribution in [0, 0.1) is 0 Å². The molecule has 0 aromatic heterocycles. The van der Waals surface area contributed by atoms with E-state index in [-0.39, 0.29) is 5.78 Å². The van der Waals surface area contributed by atoms with Gasteiger partial charge < -0.3 is 9.68 Å². The Bertz CT molecular complexity index is 362. The van der Waals surface area contributed by atoms with Gasteiger partial charge in [-0.2, -0.15) is 0 Å². The molecule has 1 heterocycles. The molecule has 4 heteroatoms. The van der Waals surface area contributed by atoms with Crippen LogP contribution >= 0.6 is 0 Å². The number of rotatable bonds is 1. The summed E-state index contributed by atoms with van der Waals surface area (Å²) < 4.78 is 5.02. The first-order chi connectivity index (χ1) is 6.20. The van der Waals surface area contributed by atoms with E-state index in [0.717, 1.165) is 5.56 Å². The summed E-state index contributed by atoms with van der Waals surface area (Å²) in [6.07, 6.45) is 0. The molecule has 0 fully saturated rings. The molecule has 0 aliphatic carbocycles. The van der Waals surface area contributed by atoms with E-state index in [4.69, 9.17) is 4.65 Å². The first kappa shape index (κ1) is 8.47. The second-order valence-corrected chi connectivity index (χ2v) is 3.10. The zero-order valence-corrected chi connectivity index (χ0v) is 7.28. The molecule has 1 aromatic rings. The molecule has 0 unspecified atom stereocenters. The van der Waals surface area contributed by atoms with Gasteiger partial charge in [-0.1, -0.05) is 18.2 Å². The van der Waals surface area contributed by atoms with Crippen molar-refractivity contribution < 1.29 is 14.5 Å². The van der Waals surface area contributed by atoms with Crippen molar-refractivity contribution >= 4 is 18.4 Å². The lowest BCUT2D eigenvalue weighted by Gasteiger charge is -2.03. The van der Waals surface area contributed by atoms with Gasteiger partial charge in [0.25, 0.3) is 0 Å². The van der Waals surface area contributed by atoms with E-state index in [2.05, 4.69) is 0 Å². The molecule has 0 radical (unpaired) electrons. The Balaban J connectivity index is 2.60. The van der Waals surface area contributed by atoms with Gasteiger partial charge in [0.15, 0.2) is 5.78 Å². The lowest BCUT2D eigenvalue weighted by atomic mass is 9.75. The maximum Gasteiger partial charge on any atom is 0.492 e. The van der Waals surface area contributed by atoms with Crippen LogP contribution in [0.15, 0.2) is 18.2 Å². The molecular formula is C9H9BO3. The van der Waals surface area contributed by atoms with Gasteiger partial charge in [0, 0.05) is 5.56 Å². The molecule has 3 nitrogen and oxygen atoms in total. The van der Waals surface area contributed by atoms with Crippen LogP contribution in [0.5, 0.6) is 0 Å². The predicted molar refractivity (Wildman–Crippen MR) is 48.8 cm³/mol. The Morgan fingerprint density at radius 3 is 3.08 bits per heavy atom. The van der Waals surface area contributed by atoms with Crippen LogP contribution in [0.2, 0.25) is 0 Å². The van der Waals surface area contributed by atoms with E-state index in [1.807, 2.05) is 6.07 Å². The SMILES string of the molecule is CC(=O)c1cccc2c1B(O)OC2. The van der Waals surface area contributed by atoms with Gasteiger partial charge in [-0.25, -0.2) is 0 Å². The molecule has 0 amide bonds.